The average molecular weight is 438 g/mol. The molecule has 3 amide bonds. The quantitative estimate of drug-likeness (QED) is 0.533. The van der Waals surface area contributed by atoms with Crippen LogP contribution in [0.3, 0.4) is 0 Å². The van der Waals surface area contributed by atoms with Gasteiger partial charge in [0.15, 0.2) is 0 Å². The number of anilines is 1. The molecule has 5 nitrogen and oxygen atoms in total. The molecule has 0 aliphatic carbocycles. The van der Waals surface area contributed by atoms with Crippen LogP contribution in [0.2, 0.25) is 0 Å². The van der Waals surface area contributed by atoms with Gasteiger partial charge in [0.2, 0.25) is 0 Å². The Morgan fingerprint density at radius 1 is 0.906 bits per heavy atom. The summed E-state index contributed by atoms with van der Waals surface area (Å²) in [6.07, 6.45) is 0. The van der Waals surface area contributed by atoms with Crippen molar-refractivity contribution in [3.63, 3.8) is 0 Å². The van der Waals surface area contributed by atoms with Gasteiger partial charge in [0.1, 0.15) is 22.9 Å². The summed E-state index contributed by atoms with van der Waals surface area (Å²) in [6, 6.07) is 15.2. The number of imide groups is 1. The lowest BCUT2D eigenvalue weighted by molar-refractivity contribution is 0.0959. The summed E-state index contributed by atoms with van der Waals surface area (Å²) in [5.41, 5.74) is 2.52. The second-order valence-corrected chi connectivity index (χ2v) is 8.25. The molecule has 3 rings (SSSR count). The highest BCUT2D eigenvalue weighted by Crippen LogP contribution is 2.34. The molecule has 2 N–H and O–H groups in total. The third-order valence-corrected chi connectivity index (χ3v) is 4.94. The fourth-order valence-electron chi connectivity index (χ4n) is 3.20. The molecular weight excluding hydrogens is 414 g/mol. The molecule has 0 saturated carbocycles. The van der Waals surface area contributed by atoms with Gasteiger partial charge in [-0.15, -0.1) is 0 Å². The number of rotatable bonds is 4. The number of hydrogen-bond donors (Lipinski definition) is 2. The van der Waals surface area contributed by atoms with Gasteiger partial charge < -0.3 is 10.1 Å². The number of methoxy groups -OCH3 is 1. The number of urea groups is 1. The number of amides is 3. The van der Waals surface area contributed by atoms with Gasteiger partial charge in [-0.2, -0.15) is 0 Å². The van der Waals surface area contributed by atoms with Crippen molar-refractivity contribution in [3.8, 4) is 16.9 Å². The van der Waals surface area contributed by atoms with Crippen molar-refractivity contribution in [1.29, 1.82) is 0 Å². The molecule has 3 aromatic rings. The maximum absolute atomic E-state index is 13.7. The number of halogens is 2. The summed E-state index contributed by atoms with van der Waals surface area (Å²) >= 11 is 0. The lowest BCUT2D eigenvalue weighted by Gasteiger charge is -2.19. The topological polar surface area (TPSA) is 67.4 Å². The van der Waals surface area contributed by atoms with Crippen molar-refractivity contribution in [2.45, 2.75) is 26.2 Å². The predicted molar refractivity (Wildman–Crippen MR) is 120 cm³/mol. The van der Waals surface area contributed by atoms with E-state index in [0.29, 0.717) is 11.4 Å². The fourth-order valence-corrected chi connectivity index (χ4v) is 3.20. The summed E-state index contributed by atoms with van der Waals surface area (Å²) in [5.74, 6) is -2.78. The van der Waals surface area contributed by atoms with Crippen LogP contribution in [0.25, 0.3) is 11.1 Å². The normalized spacial score (nSPS) is 11.1. The zero-order valence-electron chi connectivity index (χ0n) is 18.3. The lowest BCUT2D eigenvalue weighted by Crippen LogP contribution is -2.35. The van der Waals surface area contributed by atoms with E-state index in [2.05, 4.69) is 38.2 Å². The molecule has 0 heterocycles. The van der Waals surface area contributed by atoms with Gasteiger partial charge in [0.25, 0.3) is 5.91 Å². The Morgan fingerprint density at radius 2 is 1.53 bits per heavy atom. The van der Waals surface area contributed by atoms with E-state index in [-0.39, 0.29) is 5.41 Å². The van der Waals surface area contributed by atoms with Crippen LogP contribution in [0.4, 0.5) is 19.3 Å². The molecule has 0 radical (unpaired) electrons. The summed E-state index contributed by atoms with van der Waals surface area (Å²) < 4.78 is 32.9. The van der Waals surface area contributed by atoms with Crippen LogP contribution in [0.15, 0.2) is 60.7 Å². The van der Waals surface area contributed by atoms with Gasteiger partial charge in [-0.3, -0.25) is 10.1 Å². The molecule has 166 valence electrons. The highest BCUT2D eigenvalue weighted by Gasteiger charge is 2.19. The minimum Gasteiger partial charge on any atom is -0.496 e. The third kappa shape index (κ3) is 5.11. The van der Waals surface area contributed by atoms with Crippen LogP contribution >= 0.6 is 0 Å². The standard InChI is InChI=1S/C25H24F2N2O3/c1-25(2,3)16-10-8-15(9-11-16)18-13-12-17(14-21(18)32-4)28-24(31)29-23(30)22-19(26)6-5-7-20(22)27/h5-14H,1-4H3,(H2,28,29,30,31). The predicted octanol–water partition coefficient (Wildman–Crippen LogP) is 5.90. The summed E-state index contributed by atoms with van der Waals surface area (Å²) in [4.78, 5) is 24.2. The highest BCUT2D eigenvalue weighted by molar-refractivity contribution is 6.08. The van der Waals surface area contributed by atoms with Gasteiger partial charge in [0.05, 0.1) is 7.11 Å². The number of benzene rings is 3. The molecule has 0 atom stereocenters. The van der Waals surface area contributed by atoms with Crippen LogP contribution in [-0.4, -0.2) is 19.0 Å². The van der Waals surface area contributed by atoms with Crippen LogP contribution in [0.5, 0.6) is 5.75 Å². The van der Waals surface area contributed by atoms with Crippen LogP contribution < -0.4 is 15.4 Å². The summed E-state index contributed by atoms with van der Waals surface area (Å²) in [7, 11) is 1.51. The second-order valence-electron chi connectivity index (χ2n) is 8.25. The van der Waals surface area contributed by atoms with Crippen molar-refractivity contribution >= 4 is 17.6 Å². The first kappa shape index (κ1) is 22.9. The highest BCUT2D eigenvalue weighted by atomic mass is 19.1. The van der Waals surface area contributed by atoms with Crippen molar-refractivity contribution in [2.24, 2.45) is 0 Å². The smallest absolute Gasteiger partial charge is 0.326 e. The van der Waals surface area contributed by atoms with Crippen LogP contribution in [0.1, 0.15) is 36.7 Å². The molecule has 0 aromatic heterocycles. The average Bonchev–Trinajstić information content (AvgIpc) is 2.73. The van der Waals surface area contributed by atoms with Crippen LogP contribution in [-0.2, 0) is 5.41 Å². The number of ether oxygens (including phenoxy) is 1. The monoisotopic (exact) mass is 438 g/mol. The van der Waals surface area contributed by atoms with Gasteiger partial charge in [-0.25, -0.2) is 13.6 Å². The summed E-state index contributed by atoms with van der Waals surface area (Å²) in [5, 5.41) is 4.39. The van der Waals surface area contributed by atoms with E-state index in [9.17, 15) is 18.4 Å². The summed E-state index contributed by atoms with van der Waals surface area (Å²) in [6.45, 7) is 6.41. The Bertz CT molecular complexity index is 1130. The SMILES string of the molecule is COc1cc(NC(=O)NC(=O)c2c(F)cccc2F)ccc1-c1ccc(C(C)(C)C)cc1. The van der Waals surface area contributed by atoms with Gasteiger partial charge >= 0.3 is 6.03 Å². The van der Waals surface area contributed by atoms with E-state index in [1.54, 1.807) is 18.2 Å². The molecule has 0 saturated heterocycles. The van der Waals surface area contributed by atoms with E-state index < -0.39 is 29.1 Å². The van der Waals surface area contributed by atoms with E-state index >= 15 is 0 Å². The molecule has 0 aliphatic rings. The third-order valence-electron chi connectivity index (χ3n) is 4.94. The Morgan fingerprint density at radius 3 is 2.09 bits per heavy atom. The van der Waals surface area contributed by atoms with Crippen LogP contribution in [0, 0.1) is 11.6 Å². The maximum Gasteiger partial charge on any atom is 0.326 e. The van der Waals surface area contributed by atoms with Crippen molar-refractivity contribution in [2.75, 3.05) is 12.4 Å². The fraction of sp³-hybridized carbons (Fsp3) is 0.200. The molecule has 32 heavy (non-hydrogen) atoms. The zero-order valence-corrected chi connectivity index (χ0v) is 18.3. The Hall–Kier alpha value is -3.74. The first-order chi connectivity index (χ1) is 15.1. The largest absolute Gasteiger partial charge is 0.496 e. The first-order valence-corrected chi connectivity index (χ1v) is 9.95. The molecule has 0 bridgehead atoms. The van der Waals surface area contributed by atoms with E-state index in [1.807, 2.05) is 17.4 Å². The maximum atomic E-state index is 13.7. The molecule has 7 heteroatoms. The van der Waals surface area contributed by atoms with Crippen molar-refractivity contribution < 1.29 is 23.1 Å². The van der Waals surface area contributed by atoms with Crippen molar-refractivity contribution in [1.82, 2.24) is 5.32 Å². The number of carbonyl (C=O) groups is 2. The second kappa shape index (κ2) is 9.18. The Labute approximate surface area is 185 Å². The van der Waals surface area contributed by atoms with Gasteiger partial charge in [-0.1, -0.05) is 51.1 Å². The van der Waals surface area contributed by atoms with E-state index in [4.69, 9.17) is 4.74 Å². The zero-order chi connectivity index (χ0) is 23.5. The van der Waals surface area contributed by atoms with Gasteiger partial charge in [0, 0.05) is 17.3 Å². The van der Waals surface area contributed by atoms with Gasteiger partial charge in [-0.05, 0) is 40.8 Å². The molecule has 0 spiro atoms. The lowest BCUT2D eigenvalue weighted by atomic mass is 9.86. The minimum absolute atomic E-state index is 0.0345. The number of hydrogen-bond acceptors (Lipinski definition) is 3. The van der Waals surface area contributed by atoms with Crippen molar-refractivity contribution in [3.05, 3.63) is 83.4 Å². The van der Waals surface area contributed by atoms with E-state index in [0.717, 1.165) is 29.3 Å². The molecule has 0 unspecified atom stereocenters. The Balaban J connectivity index is 1.76. The minimum atomic E-state index is -1.18. The van der Waals surface area contributed by atoms with E-state index in [1.165, 1.54) is 12.7 Å². The molecule has 0 aliphatic heterocycles. The number of nitrogens with one attached hydrogen (secondary N) is 2. The molecule has 0 fully saturated rings. The molecule has 3 aromatic carbocycles. The first-order valence-electron chi connectivity index (χ1n) is 9.95. The molecular formula is C25H24F2N2O3. The Kier molecular flexibility index (Phi) is 6.58. The number of carbonyl (C=O) groups excluding carboxylic acids is 2.